The summed E-state index contributed by atoms with van der Waals surface area (Å²) < 4.78 is 5.11. The third kappa shape index (κ3) is 5.58. The van der Waals surface area contributed by atoms with E-state index >= 15 is 0 Å². The van der Waals surface area contributed by atoms with E-state index in [4.69, 9.17) is 10.6 Å². The zero-order valence-electron chi connectivity index (χ0n) is 11.4. The van der Waals surface area contributed by atoms with Crippen molar-refractivity contribution in [1.29, 1.82) is 0 Å². The molecule has 106 valence electrons. The van der Waals surface area contributed by atoms with Crippen LogP contribution in [0.1, 0.15) is 26.3 Å². The van der Waals surface area contributed by atoms with Crippen molar-refractivity contribution >= 4 is 11.8 Å². The average molecular weight is 268 g/mol. The van der Waals surface area contributed by atoms with Crippen molar-refractivity contribution in [2.24, 2.45) is 5.90 Å². The smallest absolute Gasteiger partial charge is 0.412 e. The maximum atomic E-state index is 11.6. The summed E-state index contributed by atoms with van der Waals surface area (Å²) in [4.78, 5) is 16.1. The molecule has 1 aromatic rings. The lowest BCUT2D eigenvalue weighted by molar-refractivity contribution is 0.0635. The number of phenols is 1. The highest BCUT2D eigenvalue weighted by atomic mass is 16.6. The molecule has 0 aliphatic heterocycles. The lowest BCUT2D eigenvalue weighted by atomic mass is 10.1. The normalized spacial score (nSPS) is 11.2. The van der Waals surface area contributed by atoms with Gasteiger partial charge in [-0.25, -0.2) is 10.7 Å². The number of aromatic hydroxyl groups is 1. The molecular formula is C13H20N2O4. The van der Waals surface area contributed by atoms with Crippen molar-refractivity contribution in [3.05, 3.63) is 23.8 Å². The molecule has 0 aliphatic rings. The van der Waals surface area contributed by atoms with Crippen molar-refractivity contribution < 1.29 is 19.5 Å². The third-order valence-electron chi connectivity index (χ3n) is 2.21. The van der Waals surface area contributed by atoms with Crippen LogP contribution < -0.4 is 11.2 Å². The van der Waals surface area contributed by atoms with Crippen LogP contribution in [0.2, 0.25) is 0 Å². The van der Waals surface area contributed by atoms with Gasteiger partial charge in [0, 0.05) is 0 Å². The second-order valence-electron chi connectivity index (χ2n) is 5.10. The van der Waals surface area contributed by atoms with Gasteiger partial charge in [-0.15, -0.1) is 0 Å². The van der Waals surface area contributed by atoms with Crippen molar-refractivity contribution in [3.63, 3.8) is 0 Å². The Hall–Kier alpha value is -1.79. The van der Waals surface area contributed by atoms with Gasteiger partial charge in [-0.2, -0.15) is 0 Å². The largest absolute Gasteiger partial charge is 0.506 e. The Balaban J connectivity index is 2.73. The fourth-order valence-corrected chi connectivity index (χ4v) is 1.43. The molecule has 0 bridgehead atoms. The van der Waals surface area contributed by atoms with Crippen LogP contribution >= 0.6 is 0 Å². The van der Waals surface area contributed by atoms with Crippen LogP contribution in [-0.2, 0) is 16.0 Å². The number of phenolic OH excluding ortho intramolecular Hbond substituents is 1. The molecular weight excluding hydrogens is 248 g/mol. The topological polar surface area (TPSA) is 93.8 Å². The van der Waals surface area contributed by atoms with Crippen LogP contribution in [0.25, 0.3) is 0 Å². The molecule has 6 nitrogen and oxygen atoms in total. The third-order valence-corrected chi connectivity index (χ3v) is 2.21. The van der Waals surface area contributed by atoms with Crippen LogP contribution in [0.15, 0.2) is 18.2 Å². The summed E-state index contributed by atoms with van der Waals surface area (Å²) in [6.07, 6.45) is -0.0326. The van der Waals surface area contributed by atoms with Crippen LogP contribution in [0, 0.1) is 0 Å². The number of benzene rings is 1. The van der Waals surface area contributed by atoms with Gasteiger partial charge in [-0.1, -0.05) is 6.07 Å². The number of nitrogens with one attached hydrogen (secondary N) is 1. The number of anilines is 1. The standard InChI is InChI=1S/C13H20N2O4/c1-13(2,3)19-12(17)15-10-8-9(6-7-18-14)4-5-11(10)16/h4-5,8,16H,6-7,14H2,1-3H3,(H,15,17). The molecule has 0 spiro atoms. The second kappa shape index (κ2) is 6.40. The Morgan fingerprint density at radius 1 is 1.42 bits per heavy atom. The molecule has 1 rings (SSSR count). The quantitative estimate of drug-likeness (QED) is 0.574. The number of hydrogen-bond acceptors (Lipinski definition) is 5. The minimum absolute atomic E-state index is 0.0247. The van der Waals surface area contributed by atoms with Crippen molar-refractivity contribution in [2.75, 3.05) is 11.9 Å². The van der Waals surface area contributed by atoms with E-state index < -0.39 is 11.7 Å². The molecule has 4 N–H and O–H groups in total. The lowest BCUT2D eigenvalue weighted by Gasteiger charge is -2.20. The molecule has 0 aromatic heterocycles. The first-order valence-corrected chi connectivity index (χ1v) is 5.95. The number of carbonyl (C=O) groups is 1. The summed E-state index contributed by atoms with van der Waals surface area (Å²) in [6, 6.07) is 4.88. The summed E-state index contributed by atoms with van der Waals surface area (Å²) in [5, 5.41) is 12.2. The van der Waals surface area contributed by atoms with Gasteiger partial charge in [0.25, 0.3) is 0 Å². The van der Waals surface area contributed by atoms with Gasteiger partial charge < -0.3 is 14.7 Å². The highest BCUT2D eigenvalue weighted by Crippen LogP contribution is 2.25. The van der Waals surface area contributed by atoms with E-state index in [1.165, 1.54) is 6.07 Å². The highest BCUT2D eigenvalue weighted by molar-refractivity contribution is 5.87. The molecule has 0 unspecified atom stereocenters. The van der Waals surface area contributed by atoms with Crippen LogP contribution in [0.5, 0.6) is 5.75 Å². The minimum Gasteiger partial charge on any atom is -0.506 e. The Morgan fingerprint density at radius 2 is 2.11 bits per heavy atom. The fraction of sp³-hybridized carbons (Fsp3) is 0.462. The molecule has 0 heterocycles. The lowest BCUT2D eigenvalue weighted by Crippen LogP contribution is -2.27. The molecule has 0 fully saturated rings. The Labute approximate surface area is 112 Å². The highest BCUT2D eigenvalue weighted by Gasteiger charge is 2.17. The van der Waals surface area contributed by atoms with Crippen molar-refractivity contribution in [3.8, 4) is 5.75 Å². The van der Waals surface area contributed by atoms with Gasteiger partial charge in [0.05, 0.1) is 12.3 Å². The number of amides is 1. The number of ether oxygens (including phenoxy) is 1. The SMILES string of the molecule is CC(C)(C)OC(=O)Nc1cc(CCON)ccc1O. The molecule has 1 aromatic carbocycles. The van der Waals surface area contributed by atoms with E-state index in [1.54, 1.807) is 32.9 Å². The number of nitrogens with two attached hydrogens (primary N) is 1. The number of rotatable bonds is 4. The molecule has 6 heteroatoms. The van der Waals surface area contributed by atoms with E-state index in [0.29, 0.717) is 18.7 Å². The molecule has 0 aliphatic carbocycles. The van der Waals surface area contributed by atoms with Crippen LogP contribution in [-0.4, -0.2) is 23.4 Å². The van der Waals surface area contributed by atoms with E-state index in [2.05, 4.69) is 10.2 Å². The Morgan fingerprint density at radius 3 is 2.68 bits per heavy atom. The Bertz CT molecular complexity index is 441. The van der Waals surface area contributed by atoms with Gasteiger partial charge in [0.15, 0.2) is 0 Å². The van der Waals surface area contributed by atoms with Gasteiger partial charge in [-0.05, 0) is 44.9 Å². The zero-order chi connectivity index (χ0) is 14.5. The average Bonchev–Trinajstić information content (AvgIpc) is 2.27. The molecule has 1 amide bonds. The van der Waals surface area contributed by atoms with Crippen molar-refractivity contribution in [2.45, 2.75) is 32.8 Å². The predicted molar refractivity (Wildman–Crippen MR) is 71.8 cm³/mol. The van der Waals surface area contributed by atoms with E-state index in [0.717, 1.165) is 5.56 Å². The first-order chi connectivity index (χ1) is 8.81. The Kier molecular flexibility index (Phi) is 5.14. The van der Waals surface area contributed by atoms with E-state index in [-0.39, 0.29) is 5.75 Å². The second-order valence-corrected chi connectivity index (χ2v) is 5.10. The fourth-order valence-electron chi connectivity index (χ4n) is 1.43. The van der Waals surface area contributed by atoms with E-state index in [1.807, 2.05) is 0 Å². The van der Waals surface area contributed by atoms with Gasteiger partial charge in [0.1, 0.15) is 11.4 Å². The molecule has 19 heavy (non-hydrogen) atoms. The predicted octanol–water partition coefficient (Wildman–Crippen LogP) is 2.17. The first kappa shape index (κ1) is 15.3. The van der Waals surface area contributed by atoms with E-state index in [9.17, 15) is 9.90 Å². The molecule has 0 atom stereocenters. The maximum Gasteiger partial charge on any atom is 0.412 e. The number of carbonyl (C=O) groups excluding carboxylic acids is 1. The van der Waals surface area contributed by atoms with Gasteiger partial charge >= 0.3 is 6.09 Å². The molecule has 0 saturated heterocycles. The summed E-state index contributed by atoms with van der Waals surface area (Å²) in [6.45, 7) is 5.65. The summed E-state index contributed by atoms with van der Waals surface area (Å²) in [5.74, 6) is 4.93. The van der Waals surface area contributed by atoms with Crippen LogP contribution in [0.3, 0.4) is 0 Å². The first-order valence-electron chi connectivity index (χ1n) is 5.95. The monoisotopic (exact) mass is 268 g/mol. The summed E-state index contributed by atoms with van der Waals surface area (Å²) >= 11 is 0. The molecule has 0 saturated carbocycles. The maximum absolute atomic E-state index is 11.6. The number of hydrogen-bond donors (Lipinski definition) is 3. The van der Waals surface area contributed by atoms with Gasteiger partial charge in [-0.3, -0.25) is 5.32 Å². The van der Waals surface area contributed by atoms with Crippen LogP contribution in [0.4, 0.5) is 10.5 Å². The summed E-state index contributed by atoms with van der Waals surface area (Å²) in [7, 11) is 0. The zero-order valence-corrected chi connectivity index (χ0v) is 11.4. The summed E-state index contributed by atoms with van der Waals surface area (Å²) in [5.41, 5.74) is 0.586. The minimum atomic E-state index is -0.616. The molecule has 0 radical (unpaired) electrons. The van der Waals surface area contributed by atoms with Gasteiger partial charge in [0.2, 0.25) is 0 Å². The van der Waals surface area contributed by atoms with Crippen molar-refractivity contribution in [1.82, 2.24) is 0 Å².